The van der Waals surface area contributed by atoms with Crippen molar-refractivity contribution in [2.75, 3.05) is 7.11 Å². The summed E-state index contributed by atoms with van der Waals surface area (Å²) < 4.78 is 13.3. The second-order valence-electron chi connectivity index (χ2n) is 9.12. The highest BCUT2D eigenvalue weighted by Crippen LogP contribution is 2.43. The number of ether oxygens (including phenoxy) is 2. The minimum absolute atomic E-state index is 0.238. The van der Waals surface area contributed by atoms with Crippen LogP contribution < -0.4 is 14.9 Å². The van der Waals surface area contributed by atoms with Crippen LogP contribution in [0.2, 0.25) is 5.02 Å². The average Bonchev–Trinajstić information content (AvgIpc) is 3.36. The number of rotatable bonds is 7. The van der Waals surface area contributed by atoms with Gasteiger partial charge in [-0.15, -0.1) is 0 Å². The topological polar surface area (TPSA) is 92.8 Å². The van der Waals surface area contributed by atoms with Gasteiger partial charge in [0, 0.05) is 36.0 Å². The summed E-state index contributed by atoms with van der Waals surface area (Å²) in [7, 11) is 1.56. The number of amides is 1. The van der Waals surface area contributed by atoms with Gasteiger partial charge in [-0.25, -0.2) is 10.2 Å². The molecule has 4 aromatic carbocycles. The Morgan fingerprint density at radius 2 is 1.76 bits per heavy atom. The molecular formula is C31H21Br3ClN3O4. The number of fused-ring (bicyclic) bond motifs is 1. The third-order valence-corrected chi connectivity index (χ3v) is 8.35. The van der Waals surface area contributed by atoms with Crippen molar-refractivity contribution in [3.05, 3.63) is 114 Å². The molecule has 7 nitrogen and oxygen atoms in total. The number of aromatic amines is 1. The third kappa shape index (κ3) is 6.17. The van der Waals surface area contributed by atoms with Crippen molar-refractivity contribution in [2.24, 2.45) is 5.10 Å². The van der Waals surface area contributed by atoms with E-state index in [0.29, 0.717) is 47.5 Å². The van der Waals surface area contributed by atoms with Crippen molar-refractivity contribution in [3.63, 3.8) is 0 Å². The fraction of sp³-hybridized carbons (Fsp3) is 0.0645. The lowest BCUT2D eigenvalue weighted by molar-refractivity contribution is 0.0732. The molecule has 0 saturated carbocycles. The zero-order valence-electron chi connectivity index (χ0n) is 22.1. The molecule has 42 heavy (non-hydrogen) atoms. The standard InChI is InChI=1S/C31H21Br3ClN3O4/c1-16-6-5-7-17(12-16)31(40)42-29-18(13-19(32)14-22(29)34)15-36-38-30(39)28-25(20-8-3-4-9-23(20)35)26-21(33)10-11-24(41-2)27(26)37-28/h3-15,37H,1-2H3,(H,38,39). The summed E-state index contributed by atoms with van der Waals surface area (Å²) in [5.74, 6) is -0.233. The molecule has 212 valence electrons. The number of methoxy groups -OCH3 is 1. The lowest BCUT2D eigenvalue weighted by atomic mass is 10.0. The van der Waals surface area contributed by atoms with Gasteiger partial charge in [-0.05, 0) is 65.3 Å². The Kier molecular flexibility index (Phi) is 9.17. The molecule has 0 unspecified atom stereocenters. The number of halogens is 4. The number of hydrogen-bond donors (Lipinski definition) is 2. The normalized spacial score (nSPS) is 11.2. The van der Waals surface area contributed by atoms with E-state index in [4.69, 9.17) is 21.1 Å². The van der Waals surface area contributed by atoms with Crippen molar-refractivity contribution < 1.29 is 19.1 Å². The van der Waals surface area contributed by atoms with Crippen molar-refractivity contribution in [2.45, 2.75) is 6.92 Å². The molecule has 1 heterocycles. The highest BCUT2D eigenvalue weighted by atomic mass is 79.9. The van der Waals surface area contributed by atoms with Crippen molar-refractivity contribution in [1.29, 1.82) is 0 Å². The number of hydrogen-bond acceptors (Lipinski definition) is 5. The molecule has 0 fully saturated rings. The van der Waals surface area contributed by atoms with Crippen LogP contribution in [0.5, 0.6) is 11.5 Å². The molecule has 0 aliphatic carbocycles. The number of H-pyrrole nitrogens is 1. The number of aromatic nitrogens is 1. The Labute approximate surface area is 271 Å². The first kappa shape index (κ1) is 30.0. The molecule has 0 spiro atoms. The molecule has 2 N–H and O–H groups in total. The van der Waals surface area contributed by atoms with E-state index in [0.717, 1.165) is 15.4 Å². The predicted molar refractivity (Wildman–Crippen MR) is 176 cm³/mol. The molecule has 0 aliphatic heterocycles. The first-order chi connectivity index (χ1) is 20.2. The number of benzene rings is 4. The van der Waals surface area contributed by atoms with Crippen LogP contribution in [0.15, 0.2) is 91.3 Å². The molecule has 1 amide bonds. The van der Waals surface area contributed by atoms with Gasteiger partial charge < -0.3 is 14.5 Å². The van der Waals surface area contributed by atoms with Gasteiger partial charge in [-0.1, -0.05) is 79.4 Å². The quantitative estimate of drug-likeness (QED) is 0.0748. The number of esters is 1. The van der Waals surface area contributed by atoms with E-state index in [1.807, 2.05) is 37.3 Å². The van der Waals surface area contributed by atoms with E-state index in [-0.39, 0.29) is 11.4 Å². The minimum atomic E-state index is -0.526. The van der Waals surface area contributed by atoms with E-state index in [1.54, 1.807) is 49.6 Å². The van der Waals surface area contributed by atoms with Gasteiger partial charge in [0.15, 0.2) is 5.75 Å². The summed E-state index contributed by atoms with van der Waals surface area (Å²) in [5.41, 5.74) is 6.49. The van der Waals surface area contributed by atoms with Crippen molar-refractivity contribution in [3.8, 4) is 22.6 Å². The van der Waals surface area contributed by atoms with Crippen molar-refractivity contribution >= 4 is 88.4 Å². The summed E-state index contributed by atoms with van der Waals surface area (Å²) >= 11 is 17.1. The summed E-state index contributed by atoms with van der Waals surface area (Å²) in [6.45, 7) is 1.90. The van der Waals surface area contributed by atoms with Gasteiger partial charge >= 0.3 is 5.97 Å². The van der Waals surface area contributed by atoms with Crippen LogP contribution in [0.4, 0.5) is 0 Å². The van der Waals surface area contributed by atoms with E-state index < -0.39 is 11.9 Å². The monoisotopic (exact) mass is 771 g/mol. The minimum Gasteiger partial charge on any atom is -0.495 e. The van der Waals surface area contributed by atoms with Crippen LogP contribution >= 0.6 is 59.4 Å². The molecular weight excluding hydrogens is 754 g/mol. The summed E-state index contributed by atoms with van der Waals surface area (Å²) in [6, 6.07) is 21.5. The SMILES string of the molecule is COc1ccc(Br)c2c(-c3ccccc3Cl)c(C(=O)NN=Cc3cc(Br)cc(Br)c3OC(=O)c3cccc(C)c3)[nH]c12. The maximum absolute atomic E-state index is 13.6. The molecule has 0 radical (unpaired) electrons. The lowest BCUT2D eigenvalue weighted by Gasteiger charge is -2.11. The van der Waals surface area contributed by atoms with Gasteiger partial charge in [0.05, 0.1) is 28.9 Å². The molecule has 0 aliphatic rings. The van der Waals surface area contributed by atoms with E-state index in [2.05, 4.69) is 63.3 Å². The predicted octanol–water partition coefficient (Wildman–Crippen LogP) is 9.08. The summed E-state index contributed by atoms with van der Waals surface area (Å²) in [5, 5.41) is 5.40. The van der Waals surface area contributed by atoms with E-state index in [9.17, 15) is 9.59 Å². The molecule has 11 heteroatoms. The van der Waals surface area contributed by atoms with Crippen molar-refractivity contribution in [1.82, 2.24) is 10.4 Å². The van der Waals surface area contributed by atoms with Crippen LogP contribution in [-0.2, 0) is 0 Å². The van der Waals surface area contributed by atoms with Crippen LogP contribution in [-0.4, -0.2) is 30.2 Å². The summed E-state index contributed by atoms with van der Waals surface area (Å²) in [6.07, 6.45) is 1.40. The maximum Gasteiger partial charge on any atom is 0.343 e. The molecule has 5 aromatic rings. The number of carbonyl (C=O) groups is 2. The second kappa shape index (κ2) is 12.8. The van der Waals surface area contributed by atoms with Gasteiger partial charge in [0.2, 0.25) is 0 Å². The summed E-state index contributed by atoms with van der Waals surface area (Å²) in [4.78, 5) is 29.7. The fourth-order valence-corrected chi connectivity index (χ4v) is 6.53. The lowest BCUT2D eigenvalue weighted by Crippen LogP contribution is -2.19. The average molecular weight is 775 g/mol. The molecule has 1 aromatic heterocycles. The van der Waals surface area contributed by atoms with Crippen LogP contribution in [0.25, 0.3) is 22.0 Å². The van der Waals surface area contributed by atoms with Gasteiger partial charge in [-0.2, -0.15) is 5.10 Å². The Bertz CT molecular complexity index is 1890. The first-order valence-electron chi connectivity index (χ1n) is 12.4. The largest absolute Gasteiger partial charge is 0.495 e. The Balaban J connectivity index is 1.50. The zero-order chi connectivity index (χ0) is 30.0. The third-order valence-electron chi connectivity index (χ3n) is 6.31. The number of nitrogens with zero attached hydrogens (tertiary/aromatic N) is 1. The number of hydrazone groups is 1. The van der Waals surface area contributed by atoms with Crippen LogP contribution in [0, 0.1) is 6.92 Å². The van der Waals surface area contributed by atoms with E-state index >= 15 is 0 Å². The second-order valence-corrected chi connectivity index (χ2v) is 12.2. The molecule has 0 atom stereocenters. The van der Waals surface area contributed by atoms with E-state index in [1.165, 1.54) is 6.21 Å². The number of aryl methyl sites for hydroxylation is 1. The number of nitrogens with one attached hydrogen (secondary N) is 2. The smallest absolute Gasteiger partial charge is 0.343 e. The highest BCUT2D eigenvalue weighted by molar-refractivity contribution is 9.11. The van der Waals surface area contributed by atoms with Gasteiger partial charge in [0.25, 0.3) is 5.91 Å². The Hall–Kier alpha value is -3.44. The fourth-order valence-electron chi connectivity index (χ4n) is 4.44. The Morgan fingerprint density at radius 1 is 0.976 bits per heavy atom. The van der Waals surface area contributed by atoms with Crippen LogP contribution in [0.1, 0.15) is 32.0 Å². The highest BCUT2D eigenvalue weighted by Gasteiger charge is 2.24. The van der Waals surface area contributed by atoms with Gasteiger partial charge in [-0.3, -0.25) is 4.79 Å². The molecule has 0 saturated heterocycles. The number of carbonyl (C=O) groups excluding carboxylic acids is 2. The van der Waals surface area contributed by atoms with Gasteiger partial charge in [0.1, 0.15) is 11.4 Å². The maximum atomic E-state index is 13.6. The molecule has 5 rings (SSSR count). The van der Waals surface area contributed by atoms with Crippen LogP contribution in [0.3, 0.4) is 0 Å². The zero-order valence-corrected chi connectivity index (χ0v) is 27.6. The Morgan fingerprint density at radius 3 is 2.50 bits per heavy atom. The first-order valence-corrected chi connectivity index (χ1v) is 15.2. The molecule has 0 bridgehead atoms.